The Morgan fingerprint density at radius 1 is 1.12 bits per heavy atom. The molecule has 41 heavy (non-hydrogen) atoms. The smallest absolute Gasteiger partial charge is 0.331 e. The Morgan fingerprint density at radius 2 is 1.80 bits per heavy atom. The van der Waals surface area contributed by atoms with E-state index in [4.69, 9.17) is 9.47 Å². The summed E-state index contributed by atoms with van der Waals surface area (Å²) in [6.45, 7) is 9.20. The first-order valence-electron chi connectivity index (χ1n) is 14.4. The molecule has 3 N–H and O–H groups in total. The third kappa shape index (κ3) is 4.48. The number of carbonyl (C=O) groups excluding carboxylic acids is 4. The number of aliphatic hydroxyl groups excluding tert-OH is 1. The summed E-state index contributed by atoms with van der Waals surface area (Å²) in [5.41, 5.74) is -6.79. The Labute approximate surface area is 241 Å². The lowest BCUT2D eigenvalue weighted by Crippen LogP contribution is -2.67. The molecule has 9 nitrogen and oxygen atoms in total. The summed E-state index contributed by atoms with van der Waals surface area (Å²) >= 11 is 0. The second kappa shape index (κ2) is 10.7. The van der Waals surface area contributed by atoms with Crippen molar-refractivity contribution in [2.45, 2.75) is 90.1 Å². The number of unbranched alkanes of at least 4 members (excludes halogenated alkanes) is 3. The number of aliphatic hydroxyl groups is 3. The second-order valence-corrected chi connectivity index (χ2v) is 12.6. The third-order valence-corrected chi connectivity index (χ3v) is 9.89. The van der Waals surface area contributed by atoms with Crippen LogP contribution in [0.25, 0.3) is 0 Å². The first-order chi connectivity index (χ1) is 19.2. The molecule has 0 saturated heterocycles. The fraction of sp³-hybridized carbons (Fsp3) is 0.625. The summed E-state index contributed by atoms with van der Waals surface area (Å²) < 4.78 is 11.9. The van der Waals surface area contributed by atoms with Gasteiger partial charge >= 0.3 is 11.9 Å². The Kier molecular flexibility index (Phi) is 8.14. The van der Waals surface area contributed by atoms with E-state index in [0.29, 0.717) is 0 Å². The fourth-order valence-electron chi connectivity index (χ4n) is 7.88. The molecule has 4 rings (SSSR count). The molecule has 0 bridgehead atoms. The van der Waals surface area contributed by atoms with E-state index >= 15 is 0 Å². The molecule has 2 fully saturated rings. The molecule has 8 atom stereocenters. The number of esters is 2. The van der Waals surface area contributed by atoms with Crippen LogP contribution in [0.5, 0.6) is 0 Å². The van der Waals surface area contributed by atoms with Crippen molar-refractivity contribution in [1.82, 2.24) is 0 Å². The Bertz CT molecular complexity index is 1260. The number of Topliss-reactive ketones (excluding diaryl/α,β-unsaturated/α-hetero) is 2. The molecule has 0 aromatic rings. The van der Waals surface area contributed by atoms with Crippen molar-refractivity contribution in [1.29, 1.82) is 0 Å². The average Bonchev–Trinajstić information content (AvgIpc) is 3.30. The molecule has 4 aliphatic carbocycles. The molecule has 0 spiro atoms. The number of ketones is 2. The molecule has 0 aromatic carbocycles. The minimum Gasteiger partial charge on any atom is -0.455 e. The average molecular weight is 571 g/mol. The quantitative estimate of drug-likeness (QED) is 0.165. The van der Waals surface area contributed by atoms with Crippen molar-refractivity contribution in [3.63, 3.8) is 0 Å². The number of fused-ring (bicyclic) bond motifs is 5. The lowest BCUT2D eigenvalue weighted by atomic mass is 9.58. The minimum absolute atomic E-state index is 0.203. The zero-order chi connectivity index (χ0) is 30.5. The highest BCUT2D eigenvalue weighted by molar-refractivity contribution is 6.09. The Balaban J connectivity index is 1.79. The van der Waals surface area contributed by atoms with E-state index in [9.17, 15) is 34.5 Å². The van der Waals surface area contributed by atoms with Crippen LogP contribution in [0.2, 0.25) is 0 Å². The number of rotatable bonds is 9. The van der Waals surface area contributed by atoms with Gasteiger partial charge in [-0.25, -0.2) is 4.79 Å². The Hall–Kier alpha value is -2.88. The second-order valence-electron chi connectivity index (χ2n) is 12.6. The van der Waals surface area contributed by atoms with Gasteiger partial charge in [0, 0.05) is 41.7 Å². The van der Waals surface area contributed by atoms with Gasteiger partial charge in [-0.2, -0.15) is 0 Å². The number of allylic oxidation sites excluding steroid dienone is 3. The summed E-state index contributed by atoms with van der Waals surface area (Å²) in [6.07, 6.45) is 11.9. The molecule has 4 aliphatic rings. The van der Waals surface area contributed by atoms with Gasteiger partial charge in [-0.15, -0.1) is 0 Å². The normalized spacial score (nSPS) is 39.0. The van der Waals surface area contributed by atoms with Gasteiger partial charge in [-0.3, -0.25) is 14.4 Å². The Morgan fingerprint density at radius 3 is 2.41 bits per heavy atom. The minimum atomic E-state index is -2.28. The molecular weight excluding hydrogens is 528 g/mol. The molecule has 2 saturated carbocycles. The van der Waals surface area contributed by atoms with E-state index in [-0.39, 0.29) is 11.1 Å². The molecule has 224 valence electrons. The first kappa shape index (κ1) is 31.1. The van der Waals surface area contributed by atoms with Gasteiger partial charge in [0.05, 0.1) is 18.1 Å². The van der Waals surface area contributed by atoms with Crippen molar-refractivity contribution in [2.24, 2.45) is 29.1 Å². The monoisotopic (exact) mass is 570 g/mol. The van der Waals surface area contributed by atoms with Crippen LogP contribution in [0.4, 0.5) is 0 Å². The van der Waals surface area contributed by atoms with Gasteiger partial charge in [0.1, 0.15) is 6.10 Å². The summed E-state index contributed by atoms with van der Waals surface area (Å²) in [4.78, 5) is 52.7. The predicted octanol–water partition coefficient (Wildman–Crippen LogP) is 2.92. The molecule has 0 unspecified atom stereocenters. The number of ether oxygens (including phenoxy) is 2. The maximum atomic E-state index is 14.0. The van der Waals surface area contributed by atoms with E-state index in [1.807, 2.05) is 6.08 Å². The zero-order valence-electron chi connectivity index (χ0n) is 24.7. The lowest BCUT2D eigenvalue weighted by molar-refractivity contribution is -0.227. The molecule has 0 aliphatic heterocycles. The maximum Gasteiger partial charge on any atom is 0.331 e. The predicted molar refractivity (Wildman–Crippen MR) is 149 cm³/mol. The maximum absolute atomic E-state index is 14.0. The van der Waals surface area contributed by atoms with E-state index in [1.54, 1.807) is 32.9 Å². The van der Waals surface area contributed by atoms with Crippen molar-refractivity contribution >= 4 is 23.5 Å². The topological polar surface area (TPSA) is 147 Å². The van der Waals surface area contributed by atoms with E-state index in [2.05, 4.69) is 6.92 Å². The van der Waals surface area contributed by atoms with Crippen LogP contribution in [0.3, 0.4) is 0 Å². The van der Waals surface area contributed by atoms with Crippen LogP contribution in [-0.2, 0) is 28.7 Å². The van der Waals surface area contributed by atoms with Crippen LogP contribution >= 0.6 is 0 Å². The van der Waals surface area contributed by atoms with Crippen LogP contribution in [0, 0.1) is 29.1 Å². The van der Waals surface area contributed by atoms with Gasteiger partial charge in [0.15, 0.2) is 22.8 Å². The highest BCUT2D eigenvalue weighted by Gasteiger charge is 2.89. The molecular formula is C32H42O9. The van der Waals surface area contributed by atoms with Crippen molar-refractivity contribution < 1.29 is 44.0 Å². The molecule has 0 aromatic heterocycles. The number of hydrogen-bond acceptors (Lipinski definition) is 9. The number of hydrogen-bond donors (Lipinski definition) is 3. The van der Waals surface area contributed by atoms with E-state index in [0.717, 1.165) is 31.8 Å². The zero-order valence-corrected chi connectivity index (χ0v) is 24.7. The summed E-state index contributed by atoms with van der Waals surface area (Å²) in [5.74, 6) is -7.16. The highest BCUT2D eigenvalue weighted by atomic mass is 16.6. The van der Waals surface area contributed by atoms with Crippen LogP contribution in [0.15, 0.2) is 47.6 Å². The molecule has 0 amide bonds. The summed E-state index contributed by atoms with van der Waals surface area (Å²) in [6, 6.07) is 0. The lowest BCUT2D eigenvalue weighted by Gasteiger charge is -2.52. The van der Waals surface area contributed by atoms with Gasteiger partial charge in [-0.05, 0) is 31.4 Å². The van der Waals surface area contributed by atoms with Crippen LogP contribution < -0.4 is 0 Å². The molecule has 0 radical (unpaired) electrons. The van der Waals surface area contributed by atoms with Crippen molar-refractivity contribution in [2.75, 3.05) is 6.61 Å². The fourth-order valence-corrected chi connectivity index (χ4v) is 7.88. The first-order valence-corrected chi connectivity index (χ1v) is 14.4. The number of carbonyl (C=O) groups is 4. The van der Waals surface area contributed by atoms with Gasteiger partial charge in [-0.1, -0.05) is 64.8 Å². The van der Waals surface area contributed by atoms with Gasteiger partial charge in [0.25, 0.3) is 0 Å². The van der Waals surface area contributed by atoms with Crippen molar-refractivity contribution in [3.05, 3.63) is 47.6 Å². The standard InChI is InChI=1S/C32H42O9/c1-7-8-9-10-11-12-13-14-23(35)40-28-19(3)31(39)22-15-18(2)27(37)30(22,38)16-21(17-33)25(36)24(31)26-29(5,6)32(26,28)41-20(4)34/h11-16,19,22,24,26,28,33,38-39H,7-10,17H2,1-6H3/t19-,22-,24+,26-,28-,30-,31+,32-/m1/s1. The van der Waals surface area contributed by atoms with E-state index in [1.165, 1.54) is 26.0 Å². The van der Waals surface area contributed by atoms with Crippen LogP contribution in [0.1, 0.15) is 67.2 Å². The van der Waals surface area contributed by atoms with Crippen molar-refractivity contribution in [3.8, 4) is 0 Å². The highest BCUT2D eigenvalue weighted by Crippen LogP contribution is 2.77. The SMILES string of the molecule is CCCCCC=CC=CC(=O)O[C@@H]1[C@@H](C)[C@@]2(O)[C@@H](C(=O)C(CO)=C[C@]3(O)C(=O)C(C)=C[C@@H]23)[C@@H]2C(C)(C)[C@]12OC(C)=O. The largest absolute Gasteiger partial charge is 0.455 e. The summed E-state index contributed by atoms with van der Waals surface area (Å²) in [7, 11) is 0. The summed E-state index contributed by atoms with van der Waals surface area (Å²) in [5, 5.41) is 34.4. The van der Waals surface area contributed by atoms with Crippen LogP contribution in [-0.4, -0.2) is 68.3 Å². The molecule has 0 heterocycles. The van der Waals surface area contributed by atoms with E-state index < -0.39 is 82.1 Å². The van der Waals surface area contributed by atoms with Gasteiger partial charge < -0.3 is 24.8 Å². The van der Waals surface area contributed by atoms with Gasteiger partial charge in [0.2, 0.25) is 0 Å². The molecule has 9 heteroatoms. The third-order valence-electron chi connectivity index (χ3n) is 9.89.